The number of carbonyl (C=O) groups excluding carboxylic acids is 1. The van der Waals surface area contributed by atoms with E-state index in [-0.39, 0.29) is 23.4 Å². The van der Waals surface area contributed by atoms with E-state index in [1.807, 2.05) is 13.0 Å². The van der Waals surface area contributed by atoms with Gasteiger partial charge in [0.25, 0.3) is 0 Å². The van der Waals surface area contributed by atoms with Gasteiger partial charge in [-0.2, -0.15) is 0 Å². The molecular weight excluding hydrogens is 366 g/mol. The van der Waals surface area contributed by atoms with E-state index in [0.29, 0.717) is 38.6 Å². The first-order valence-corrected chi connectivity index (χ1v) is 8.86. The number of nitrogens with one attached hydrogen (secondary N) is 1. The number of ether oxygens (including phenoxy) is 1. The van der Waals surface area contributed by atoms with Crippen molar-refractivity contribution in [3.05, 3.63) is 40.3 Å². The number of nitro groups is 1. The second-order valence-corrected chi connectivity index (χ2v) is 6.12. The molecule has 0 radical (unpaired) electrons. The van der Waals surface area contributed by atoms with Gasteiger partial charge < -0.3 is 19.9 Å². The van der Waals surface area contributed by atoms with E-state index in [1.54, 1.807) is 29.0 Å². The van der Waals surface area contributed by atoms with Crippen LogP contribution in [0.15, 0.2) is 24.7 Å². The molecule has 1 saturated heterocycles. The van der Waals surface area contributed by atoms with Gasteiger partial charge in [-0.15, -0.1) is 0 Å². The second-order valence-electron chi connectivity index (χ2n) is 6.12. The number of piperazine rings is 1. The molecule has 1 aliphatic heterocycles. The lowest BCUT2D eigenvalue weighted by molar-refractivity contribution is -0.383. The number of rotatable bonds is 5. The van der Waals surface area contributed by atoms with Crippen LogP contribution in [-0.2, 0) is 4.74 Å². The predicted octanol–water partition coefficient (Wildman–Crippen LogP) is 2.11. The molecule has 0 bridgehead atoms. The predicted molar refractivity (Wildman–Crippen MR) is 102 cm³/mol. The molecule has 0 aliphatic carbocycles. The standard InChI is InChI=1S/C17H21N7O4/c1-3-28-17(25)23-9-7-22(8-10-23)16-13(24(26)27)15(19-11-20-16)21-14-12(2)5-4-6-18-14/h4-6,11H,3,7-10H2,1-2H3,(H,18,19,20,21). The van der Waals surface area contributed by atoms with Gasteiger partial charge >= 0.3 is 11.8 Å². The zero-order valence-corrected chi connectivity index (χ0v) is 15.7. The number of nitrogens with zero attached hydrogens (tertiary/aromatic N) is 6. The highest BCUT2D eigenvalue weighted by Crippen LogP contribution is 2.34. The van der Waals surface area contributed by atoms with Crippen LogP contribution in [0.5, 0.6) is 0 Å². The number of carbonyl (C=O) groups is 1. The summed E-state index contributed by atoms with van der Waals surface area (Å²) in [5.74, 6) is 0.770. The zero-order valence-electron chi connectivity index (χ0n) is 15.7. The van der Waals surface area contributed by atoms with Crippen molar-refractivity contribution in [3.63, 3.8) is 0 Å². The highest BCUT2D eigenvalue weighted by Gasteiger charge is 2.31. The van der Waals surface area contributed by atoms with Crippen LogP contribution in [-0.4, -0.2) is 63.7 Å². The molecule has 28 heavy (non-hydrogen) atoms. The monoisotopic (exact) mass is 387 g/mol. The lowest BCUT2D eigenvalue weighted by atomic mass is 10.2. The maximum absolute atomic E-state index is 11.8. The largest absolute Gasteiger partial charge is 0.450 e. The summed E-state index contributed by atoms with van der Waals surface area (Å²) in [7, 11) is 0. The summed E-state index contributed by atoms with van der Waals surface area (Å²) in [5, 5.41) is 14.7. The first-order valence-electron chi connectivity index (χ1n) is 8.86. The van der Waals surface area contributed by atoms with Crippen LogP contribution in [0.25, 0.3) is 0 Å². The van der Waals surface area contributed by atoms with Crippen LogP contribution in [0.3, 0.4) is 0 Å². The van der Waals surface area contributed by atoms with Crippen LogP contribution in [0.4, 0.5) is 27.9 Å². The molecule has 1 N–H and O–H groups in total. The van der Waals surface area contributed by atoms with Gasteiger partial charge in [-0.3, -0.25) is 10.1 Å². The molecule has 2 aromatic heterocycles. The lowest BCUT2D eigenvalue weighted by Gasteiger charge is -2.34. The molecule has 2 aromatic rings. The molecule has 0 atom stereocenters. The van der Waals surface area contributed by atoms with Crippen molar-refractivity contribution < 1.29 is 14.5 Å². The first kappa shape index (κ1) is 19.3. The Morgan fingerprint density at radius 2 is 2.00 bits per heavy atom. The number of pyridine rings is 1. The Kier molecular flexibility index (Phi) is 5.82. The Morgan fingerprint density at radius 3 is 2.64 bits per heavy atom. The summed E-state index contributed by atoms with van der Waals surface area (Å²) >= 11 is 0. The van der Waals surface area contributed by atoms with Crippen LogP contribution in [0.1, 0.15) is 12.5 Å². The topological polar surface area (TPSA) is 127 Å². The molecule has 1 aliphatic rings. The Bertz CT molecular complexity index is 868. The summed E-state index contributed by atoms with van der Waals surface area (Å²) in [4.78, 5) is 38.8. The fourth-order valence-corrected chi connectivity index (χ4v) is 2.90. The summed E-state index contributed by atoms with van der Waals surface area (Å²) in [6, 6.07) is 3.63. The van der Waals surface area contributed by atoms with Crippen molar-refractivity contribution in [2.24, 2.45) is 0 Å². The molecular formula is C17H21N7O4. The van der Waals surface area contributed by atoms with E-state index in [2.05, 4.69) is 20.3 Å². The first-order chi connectivity index (χ1) is 13.5. The number of aryl methyl sites for hydroxylation is 1. The van der Waals surface area contributed by atoms with Crippen molar-refractivity contribution in [1.29, 1.82) is 0 Å². The minimum atomic E-state index is -0.506. The molecule has 3 heterocycles. The van der Waals surface area contributed by atoms with Gasteiger partial charge in [0.1, 0.15) is 12.1 Å². The number of amides is 1. The Balaban J connectivity index is 1.83. The molecule has 3 rings (SSSR count). The Labute approximate surface area is 161 Å². The fourth-order valence-electron chi connectivity index (χ4n) is 2.90. The Hall–Kier alpha value is -3.50. The number of aromatic nitrogens is 3. The summed E-state index contributed by atoms with van der Waals surface area (Å²) in [6.07, 6.45) is 2.49. The SMILES string of the molecule is CCOC(=O)N1CCN(c2ncnc(Nc3ncccc3C)c2[N+](=O)[O-])CC1. The third-order valence-electron chi connectivity index (χ3n) is 4.34. The van der Waals surface area contributed by atoms with Crippen LogP contribution < -0.4 is 10.2 Å². The van der Waals surface area contributed by atoms with E-state index in [0.717, 1.165) is 5.56 Å². The van der Waals surface area contributed by atoms with Gasteiger partial charge in [0.05, 0.1) is 11.5 Å². The molecule has 0 unspecified atom stereocenters. The van der Waals surface area contributed by atoms with Crippen molar-refractivity contribution in [3.8, 4) is 0 Å². The zero-order chi connectivity index (χ0) is 20.1. The summed E-state index contributed by atoms with van der Waals surface area (Å²) in [6.45, 7) is 5.48. The van der Waals surface area contributed by atoms with Crippen molar-refractivity contribution >= 4 is 29.2 Å². The molecule has 0 spiro atoms. The van der Waals surface area contributed by atoms with Crippen LogP contribution in [0.2, 0.25) is 0 Å². The van der Waals surface area contributed by atoms with Gasteiger partial charge in [0.2, 0.25) is 11.6 Å². The third-order valence-corrected chi connectivity index (χ3v) is 4.34. The highest BCUT2D eigenvalue weighted by molar-refractivity contribution is 5.74. The third kappa shape index (κ3) is 4.08. The summed E-state index contributed by atoms with van der Waals surface area (Å²) < 4.78 is 5.00. The molecule has 1 amide bonds. The average molecular weight is 387 g/mol. The fraction of sp³-hybridized carbons (Fsp3) is 0.412. The van der Waals surface area contributed by atoms with Crippen molar-refractivity contribution in [2.45, 2.75) is 13.8 Å². The van der Waals surface area contributed by atoms with Gasteiger partial charge in [-0.1, -0.05) is 6.07 Å². The van der Waals surface area contributed by atoms with E-state index < -0.39 is 4.92 Å². The van der Waals surface area contributed by atoms with E-state index in [4.69, 9.17) is 4.74 Å². The van der Waals surface area contributed by atoms with Gasteiger partial charge in [0, 0.05) is 32.4 Å². The molecule has 1 fully saturated rings. The quantitative estimate of drug-likeness (QED) is 0.606. The molecule has 148 valence electrons. The Morgan fingerprint density at radius 1 is 1.25 bits per heavy atom. The van der Waals surface area contributed by atoms with E-state index in [1.165, 1.54) is 6.33 Å². The van der Waals surface area contributed by atoms with Crippen molar-refractivity contribution in [1.82, 2.24) is 19.9 Å². The van der Waals surface area contributed by atoms with Gasteiger partial charge in [-0.25, -0.2) is 19.7 Å². The number of hydrogen-bond acceptors (Lipinski definition) is 9. The normalized spacial score (nSPS) is 13.9. The van der Waals surface area contributed by atoms with Crippen molar-refractivity contribution in [2.75, 3.05) is 43.0 Å². The molecule has 0 saturated carbocycles. The molecule has 0 aromatic carbocycles. The second kappa shape index (κ2) is 8.46. The lowest BCUT2D eigenvalue weighted by Crippen LogP contribution is -2.49. The number of hydrogen-bond donors (Lipinski definition) is 1. The molecule has 11 nitrogen and oxygen atoms in total. The van der Waals surface area contributed by atoms with E-state index in [9.17, 15) is 14.9 Å². The minimum absolute atomic E-state index is 0.0737. The van der Waals surface area contributed by atoms with Gasteiger partial charge in [0.15, 0.2) is 0 Å². The van der Waals surface area contributed by atoms with Gasteiger partial charge in [-0.05, 0) is 25.5 Å². The maximum Gasteiger partial charge on any atom is 0.409 e. The molecule has 11 heteroatoms. The summed E-state index contributed by atoms with van der Waals surface area (Å²) in [5.41, 5.74) is 0.608. The minimum Gasteiger partial charge on any atom is -0.450 e. The van der Waals surface area contributed by atoms with E-state index >= 15 is 0 Å². The highest BCUT2D eigenvalue weighted by atomic mass is 16.6. The number of anilines is 3. The van der Waals surface area contributed by atoms with Crippen LogP contribution >= 0.6 is 0 Å². The average Bonchev–Trinajstić information content (AvgIpc) is 2.69. The smallest absolute Gasteiger partial charge is 0.409 e. The maximum atomic E-state index is 11.8. The van der Waals surface area contributed by atoms with Crippen LogP contribution in [0, 0.1) is 17.0 Å².